The second-order valence-electron chi connectivity index (χ2n) is 4.64. The quantitative estimate of drug-likeness (QED) is 0.690. The van der Waals surface area contributed by atoms with Gasteiger partial charge in [0, 0.05) is 28.5 Å². The Morgan fingerprint density at radius 3 is 2.70 bits per heavy atom. The Hall–Kier alpha value is -2.62. The molecule has 100 valence electrons. The lowest BCUT2D eigenvalue weighted by atomic mass is 10.1. The largest absolute Gasteiger partial charge is 0.397 e. The third-order valence-corrected chi connectivity index (χ3v) is 3.34. The van der Waals surface area contributed by atoms with E-state index in [0.29, 0.717) is 11.3 Å². The van der Waals surface area contributed by atoms with Crippen molar-refractivity contribution in [2.45, 2.75) is 6.92 Å². The monoisotopic (exact) mass is 267 g/mol. The van der Waals surface area contributed by atoms with Crippen molar-refractivity contribution < 1.29 is 4.39 Å². The van der Waals surface area contributed by atoms with Crippen LogP contribution in [0.1, 0.15) is 5.56 Å². The van der Waals surface area contributed by atoms with E-state index in [2.05, 4.69) is 10.3 Å². The van der Waals surface area contributed by atoms with E-state index >= 15 is 0 Å². The zero-order valence-electron chi connectivity index (χ0n) is 11.0. The molecule has 3 N–H and O–H groups in total. The number of halogens is 1. The molecule has 0 amide bonds. The van der Waals surface area contributed by atoms with E-state index in [1.54, 1.807) is 19.2 Å². The lowest BCUT2D eigenvalue weighted by Gasteiger charge is -2.12. The van der Waals surface area contributed by atoms with Crippen LogP contribution in [0.15, 0.2) is 48.7 Å². The fourth-order valence-electron chi connectivity index (χ4n) is 2.20. The first kappa shape index (κ1) is 12.4. The van der Waals surface area contributed by atoms with Gasteiger partial charge in [-0.05, 0) is 31.2 Å². The molecule has 0 aliphatic heterocycles. The topological polar surface area (TPSA) is 50.9 Å². The van der Waals surface area contributed by atoms with E-state index in [1.165, 1.54) is 6.07 Å². The molecule has 1 aromatic heterocycles. The number of aromatic nitrogens is 1. The van der Waals surface area contributed by atoms with Crippen LogP contribution >= 0.6 is 0 Å². The molecule has 2 aromatic carbocycles. The van der Waals surface area contributed by atoms with Crippen LogP contribution in [-0.4, -0.2) is 4.98 Å². The number of nitrogens with two attached hydrogens (primary N) is 1. The first-order chi connectivity index (χ1) is 9.66. The van der Waals surface area contributed by atoms with Crippen molar-refractivity contribution in [2.75, 3.05) is 11.1 Å². The van der Waals surface area contributed by atoms with Crippen LogP contribution in [0, 0.1) is 12.7 Å². The van der Waals surface area contributed by atoms with Gasteiger partial charge in [0.25, 0.3) is 0 Å². The maximum atomic E-state index is 13.6. The molecule has 3 rings (SSSR count). The summed E-state index contributed by atoms with van der Waals surface area (Å²) in [4.78, 5) is 4.28. The highest BCUT2D eigenvalue weighted by Gasteiger charge is 2.07. The van der Waals surface area contributed by atoms with Gasteiger partial charge in [0.05, 0.1) is 11.2 Å². The normalized spacial score (nSPS) is 10.7. The molecule has 4 heteroatoms. The number of nitrogen functional groups attached to an aromatic ring is 1. The molecular formula is C16H14FN3. The lowest BCUT2D eigenvalue weighted by molar-refractivity contribution is 0.619. The predicted octanol–water partition coefficient (Wildman–Crippen LogP) is 4.01. The van der Waals surface area contributed by atoms with Crippen molar-refractivity contribution in [3.63, 3.8) is 0 Å². The van der Waals surface area contributed by atoms with Crippen molar-refractivity contribution >= 4 is 28.0 Å². The van der Waals surface area contributed by atoms with E-state index in [0.717, 1.165) is 22.3 Å². The fraction of sp³-hybridized carbons (Fsp3) is 0.0625. The van der Waals surface area contributed by atoms with Crippen LogP contribution in [0.2, 0.25) is 0 Å². The standard InChI is InChI=1S/C16H14FN3/c1-10-12(17)5-3-7-14(10)20-15-8-9-19-16-11(15)4-2-6-13(16)18/h2-9H,18H2,1H3,(H,19,20). The molecular weight excluding hydrogens is 253 g/mol. The molecule has 0 aliphatic carbocycles. The van der Waals surface area contributed by atoms with Crippen molar-refractivity contribution in [1.82, 2.24) is 4.98 Å². The predicted molar refractivity (Wildman–Crippen MR) is 80.6 cm³/mol. The molecule has 0 saturated carbocycles. The molecule has 20 heavy (non-hydrogen) atoms. The number of benzene rings is 2. The molecule has 0 bridgehead atoms. The second-order valence-corrected chi connectivity index (χ2v) is 4.64. The van der Waals surface area contributed by atoms with E-state index in [-0.39, 0.29) is 5.82 Å². The molecule has 0 unspecified atom stereocenters. The Morgan fingerprint density at radius 1 is 1.05 bits per heavy atom. The highest BCUT2D eigenvalue weighted by molar-refractivity contribution is 5.98. The zero-order chi connectivity index (χ0) is 14.1. The molecule has 0 fully saturated rings. The highest BCUT2D eigenvalue weighted by atomic mass is 19.1. The first-order valence-corrected chi connectivity index (χ1v) is 6.32. The van der Waals surface area contributed by atoms with E-state index in [1.807, 2.05) is 30.3 Å². The number of hydrogen-bond acceptors (Lipinski definition) is 3. The number of para-hydroxylation sites is 1. The van der Waals surface area contributed by atoms with E-state index in [9.17, 15) is 4.39 Å². The minimum absolute atomic E-state index is 0.229. The maximum Gasteiger partial charge on any atom is 0.128 e. The molecule has 0 spiro atoms. The van der Waals surface area contributed by atoms with Crippen LogP contribution in [0.3, 0.4) is 0 Å². The van der Waals surface area contributed by atoms with Gasteiger partial charge in [-0.2, -0.15) is 0 Å². The Balaban J connectivity index is 2.12. The maximum absolute atomic E-state index is 13.6. The Labute approximate surface area is 116 Å². The Bertz CT molecular complexity index is 784. The Morgan fingerprint density at radius 2 is 1.85 bits per heavy atom. The summed E-state index contributed by atoms with van der Waals surface area (Å²) < 4.78 is 13.6. The van der Waals surface area contributed by atoms with Crippen molar-refractivity contribution in [1.29, 1.82) is 0 Å². The van der Waals surface area contributed by atoms with Gasteiger partial charge in [0.2, 0.25) is 0 Å². The van der Waals surface area contributed by atoms with Crippen LogP contribution in [0.4, 0.5) is 21.5 Å². The fourth-order valence-corrected chi connectivity index (χ4v) is 2.20. The molecule has 0 atom stereocenters. The number of nitrogens with one attached hydrogen (secondary N) is 1. The minimum atomic E-state index is -0.229. The molecule has 1 heterocycles. The van der Waals surface area contributed by atoms with Gasteiger partial charge in [-0.15, -0.1) is 0 Å². The van der Waals surface area contributed by atoms with Crippen LogP contribution < -0.4 is 11.1 Å². The third-order valence-electron chi connectivity index (χ3n) is 3.34. The third kappa shape index (κ3) is 2.05. The van der Waals surface area contributed by atoms with Gasteiger partial charge < -0.3 is 11.1 Å². The van der Waals surface area contributed by atoms with Crippen molar-refractivity contribution in [2.24, 2.45) is 0 Å². The van der Waals surface area contributed by atoms with Crippen LogP contribution in [0.5, 0.6) is 0 Å². The molecule has 3 nitrogen and oxygen atoms in total. The second kappa shape index (κ2) is 4.81. The summed E-state index contributed by atoms with van der Waals surface area (Å²) in [6.07, 6.45) is 1.69. The van der Waals surface area contributed by atoms with Crippen LogP contribution in [-0.2, 0) is 0 Å². The summed E-state index contributed by atoms with van der Waals surface area (Å²) in [5.74, 6) is -0.229. The van der Waals surface area contributed by atoms with Crippen LogP contribution in [0.25, 0.3) is 10.9 Å². The van der Waals surface area contributed by atoms with Gasteiger partial charge in [-0.1, -0.05) is 18.2 Å². The van der Waals surface area contributed by atoms with Gasteiger partial charge in [-0.3, -0.25) is 4.98 Å². The molecule has 0 aliphatic rings. The summed E-state index contributed by atoms with van der Waals surface area (Å²) in [6, 6.07) is 12.5. The smallest absolute Gasteiger partial charge is 0.128 e. The van der Waals surface area contributed by atoms with Crippen molar-refractivity contribution in [3.05, 3.63) is 60.0 Å². The first-order valence-electron chi connectivity index (χ1n) is 6.32. The number of pyridine rings is 1. The Kier molecular flexibility index (Phi) is 2.99. The van der Waals surface area contributed by atoms with Gasteiger partial charge >= 0.3 is 0 Å². The summed E-state index contributed by atoms with van der Waals surface area (Å²) in [5.41, 5.74) is 9.47. The summed E-state index contributed by atoms with van der Waals surface area (Å²) >= 11 is 0. The summed E-state index contributed by atoms with van der Waals surface area (Å²) in [7, 11) is 0. The van der Waals surface area contributed by atoms with E-state index in [4.69, 9.17) is 5.73 Å². The van der Waals surface area contributed by atoms with Crippen molar-refractivity contribution in [3.8, 4) is 0 Å². The average molecular weight is 267 g/mol. The van der Waals surface area contributed by atoms with Gasteiger partial charge in [0.1, 0.15) is 5.82 Å². The number of nitrogens with zero attached hydrogens (tertiary/aromatic N) is 1. The molecule has 3 aromatic rings. The van der Waals surface area contributed by atoms with Gasteiger partial charge in [-0.25, -0.2) is 4.39 Å². The number of rotatable bonds is 2. The highest BCUT2D eigenvalue weighted by Crippen LogP contribution is 2.29. The number of anilines is 3. The minimum Gasteiger partial charge on any atom is -0.397 e. The van der Waals surface area contributed by atoms with E-state index < -0.39 is 0 Å². The lowest BCUT2D eigenvalue weighted by Crippen LogP contribution is -1.97. The molecule has 0 saturated heterocycles. The SMILES string of the molecule is Cc1c(F)cccc1Nc1ccnc2c(N)cccc12. The molecule has 0 radical (unpaired) electrons. The number of hydrogen-bond donors (Lipinski definition) is 2. The van der Waals surface area contributed by atoms with Gasteiger partial charge in [0.15, 0.2) is 0 Å². The summed E-state index contributed by atoms with van der Waals surface area (Å²) in [5, 5.41) is 4.16. The zero-order valence-corrected chi connectivity index (χ0v) is 11.0. The average Bonchev–Trinajstić information content (AvgIpc) is 2.45. The number of fused-ring (bicyclic) bond motifs is 1. The summed E-state index contributed by atoms with van der Waals surface area (Å²) in [6.45, 7) is 1.75.